The zero-order valence-electron chi connectivity index (χ0n) is 11.0. The second-order valence-corrected chi connectivity index (χ2v) is 4.71. The third-order valence-corrected chi connectivity index (χ3v) is 3.19. The first kappa shape index (κ1) is 12.4. The lowest BCUT2D eigenvalue weighted by atomic mass is 10.1. The first-order valence-corrected chi connectivity index (χ1v) is 6.31. The lowest BCUT2D eigenvalue weighted by molar-refractivity contribution is 0.0696. The van der Waals surface area contributed by atoms with Crippen LogP contribution in [0.3, 0.4) is 0 Å². The molecule has 0 fully saturated rings. The molecule has 0 atom stereocenters. The minimum atomic E-state index is -0.930. The maximum Gasteiger partial charge on any atom is 0.335 e. The summed E-state index contributed by atoms with van der Waals surface area (Å²) in [6.45, 7) is 1.99. The normalized spacial score (nSPS) is 10.8. The summed E-state index contributed by atoms with van der Waals surface area (Å²) in [6.07, 6.45) is 0.481. The van der Waals surface area contributed by atoms with Crippen molar-refractivity contribution in [1.29, 1.82) is 0 Å². The Kier molecular flexibility index (Phi) is 2.99. The average Bonchev–Trinajstić information content (AvgIpc) is 2.83. The third-order valence-electron chi connectivity index (χ3n) is 3.19. The van der Waals surface area contributed by atoms with Gasteiger partial charge in [0.15, 0.2) is 11.5 Å². The van der Waals surface area contributed by atoms with Crippen LogP contribution in [0.4, 0.5) is 0 Å². The van der Waals surface area contributed by atoms with Crippen molar-refractivity contribution < 1.29 is 14.3 Å². The van der Waals surface area contributed by atoms with Crippen LogP contribution in [0.1, 0.15) is 27.4 Å². The number of benzene rings is 2. The standard InChI is InChI=1S/C16H13NO3/c1-10-4-2-7-13-15(10)17-14(20-13)9-11-5-3-6-12(8-11)16(18)19/h2-8H,9H2,1H3,(H,18,19). The van der Waals surface area contributed by atoms with Crippen molar-refractivity contribution in [3.05, 3.63) is 65.0 Å². The van der Waals surface area contributed by atoms with Gasteiger partial charge in [0.1, 0.15) is 5.52 Å². The molecule has 1 aromatic heterocycles. The maximum atomic E-state index is 11.0. The fourth-order valence-corrected chi connectivity index (χ4v) is 2.20. The van der Waals surface area contributed by atoms with Crippen molar-refractivity contribution in [2.24, 2.45) is 0 Å². The van der Waals surface area contributed by atoms with Gasteiger partial charge in [-0.1, -0.05) is 24.3 Å². The molecule has 0 bridgehead atoms. The van der Waals surface area contributed by atoms with Crippen molar-refractivity contribution in [3.63, 3.8) is 0 Å². The van der Waals surface area contributed by atoms with E-state index in [0.29, 0.717) is 12.3 Å². The number of carbonyl (C=O) groups is 1. The molecular formula is C16H13NO3. The van der Waals surface area contributed by atoms with Gasteiger partial charge in [0, 0.05) is 6.42 Å². The van der Waals surface area contributed by atoms with E-state index in [1.165, 1.54) is 0 Å². The summed E-state index contributed by atoms with van der Waals surface area (Å²) < 4.78 is 5.69. The Bertz CT molecular complexity index is 789. The maximum absolute atomic E-state index is 11.0. The van der Waals surface area contributed by atoms with Gasteiger partial charge < -0.3 is 9.52 Å². The van der Waals surface area contributed by atoms with Crippen LogP contribution < -0.4 is 0 Å². The number of nitrogens with zero attached hydrogens (tertiary/aromatic N) is 1. The molecule has 3 rings (SSSR count). The van der Waals surface area contributed by atoms with Crippen LogP contribution in [0.25, 0.3) is 11.1 Å². The van der Waals surface area contributed by atoms with Gasteiger partial charge in [-0.2, -0.15) is 0 Å². The Morgan fingerprint density at radius 3 is 2.80 bits per heavy atom. The molecule has 0 saturated heterocycles. The second-order valence-electron chi connectivity index (χ2n) is 4.71. The summed E-state index contributed by atoms with van der Waals surface area (Å²) >= 11 is 0. The van der Waals surface area contributed by atoms with Crippen molar-refractivity contribution in [2.45, 2.75) is 13.3 Å². The van der Waals surface area contributed by atoms with Gasteiger partial charge in [0.25, 0.3) is 0 Å². The van der Waals surface area contributed by atoms with Gasteiger partial charge in [-0.15, -0.1) is 0 Å². The molecule has 20 heavy (non-hydrogen) atoms. The van der Waals surface area contributed by atoms with Gasteiger partial charge in [0.05, 0.1) is 5.56 Å². The summed E-state index contributed by atoms with van der Waals surface area (Å²) in [7, 11) is 0. The van der Waals surface area contributed by atoms with Crippen LogP contribution in [-0.2, 0) is 6.42 Å². The smallest absolute Gasteiger partial charge is 0.335 e. The van der Waals surface area contributed by atoms with Crippen LogP contribution in [-0.4, -0.2) is 16.1 Å². The van der Waals surface area contributed by atoms with Gasteiger partial charge in [-0.05, 0) is 36.2 Å². The molecule has 2 aromatic carbocycles. The number of aryl methyl sites for hydroxylation is 1. The number of para-hydroxylation sites is 1. The van der Waals surface area contributed by atoms with Crippen LogP contribution in [0.5, 0.6) is 0 Å². The Morgan fingerprint density at radius 1 is 1.25 bits per heavy atom. The Balaban J connectivity index is 1.95. The predicted octanol–water partition coefficient (Wildman–Crippen LogP) is 3.43. The summed E-state index contributed by atoms with van der Waals surface area (Å²) in [6, 6.07) is 12.6. The van der Waals surface area contributed by atoms with E-state index in [-0.39, 0.29) is 5.56 Å². The number of aromatic carboxylic acids is 1. The molecule has 4 heteroatoms. The monoisotopic (exact) mass is 267 g/mol. The molecule has 0 unspecified atom stereocenters. The third kappa shape index (κ3) is 2.28. The minimum absolute atomic E-state index is 0.273. The molecule has 0 aliphatic carbocycles. The highest BCUT2D eigenvalue weighted by molar-refractivity contribution is 5.87. The van der Waals surface area contributed by atoms with Crippen molar-refractivity contribution in [1.82, 2.24) is 4.98 Å². The summed E-state index contributed by atoms with van der Waals surface area (Å²) in [5, 5.41) is 8.99. The molecule has 0 spiro atoms. The molecule has 0 radical (unpaired) electrons. The minimum Gasteiger partial charge on any atom is -0.478 e. The largest absolute Gasteiger partial charge is 0.478 e. The molecule has 0 aliphatic rings. The van der Waals surface area contributed by atoms with E-state index < -0.39 is 5.97 Å². The Morgan fingerprint density at radius 2 is 2.05 bits per heavy atom. The van der Waals surface area contributed by atoms with Crippen LogP contribution in [0.2, 0.25) is 0 Å². The lowest BCUT2D eigenvalue weighted by Crippen LogP contribution is -1.97. The molecule has 3 aromatic rings. The molecule has 4 nitrogen and oxygen atoms in total. The number of fused-ring (bicyclic) bond motifs is 1. The number of aromatic nitrogens is 1. The van der Waals surface area contributed by atoms with Crippen molar-refractivity contribution in [2.75, 3.05) is 0 Å². The highest BCUT2D eigenvalue weighted by Gasteiger charge is 2.09. The Hall–Kier alpha value is -2.62. The van der Waals surface area contributed by atoms with Gasteiger partial charge in [-0.25, -0.2) is 9.78 Å². The van der Waals surface area contributed by atoms with Crippen molar-refractivity contribution in [3.8, 4) is 0 Å². The average molecular weight is 267 g/mol. The Labute approximate surface area is 115 Å². The highest BCUT2D eigenvalue weighted by atomic mass is 16.4. The van der Waals surface area contributed by atoms with E-state index in [9.17, 15) is 4.79 Å². The second kappa shape index (κ2) is 4.81. The zero-order chi connectivity index (χ0) is 14.1. The fourth-order valence-electron chi connectivity index (χ4n) is 2.20. The first-order valence-electron chi connectivity index (χ1n) is 6.31. The van der Waals surface area contributed by atoms with E-state index in [2.05, 4.69) is 4.98 Å². The van der Waals surface area contributed by atoms with E-state index in [1.807, 2.05) is 31.2 Å². The number of hydrogen-bond donors (Lipinski definition) is 1. The SMILES string of the molecule is Cc1cccc2oc(Cc3cccc(C(=O)O)c3)nc12. The number of hydrogen-bond acceptors (Lipinski definition) is 3. The number of rotatable bonds is 3. The molecule has 0 amide bonds. The number of carboxylic acid groups (broad SMARTS) is 1. The summed E-state index contributed by atoms with van der Waals surface area (Å²) in [4.78, 5) is 15.4. The molecular weight excluding hydrogens is 254 g/mol. The first-order chi connectivity index (χ1) is 9.63. The van der Waals surface area contributed by atoms with E-state index in [0.717, 1.165) is 22.2 Å². The van der Waals surface area contributed by atoms with Crippen LogP contribution in [0, 0.1) is 6.92 Å². The van der Waals surface area contributed by atoms with Gasteiger partial charge >= 0.3 is 5.97 Å². The lowest BCUT2D eigenvalue weighted by Gasteiger charge is -1.99. The summed E-state index contributed by atoms with van der Waals surface area (Å²) in [5.74, 6) is -0.336. The molecule has 0 aliphatic heterocycles. The number of carboxylic acids is 1. The van der Waals surface area contributed by atoms with Crippen molar-refractivity contribution >= 4 is 17.1 Å². The van der Waals surface area contributed by atoms with Crippen LogP contribution >= 0.6 is 0 Å². The predicted molar refractivity (Wildman–Crippen MR) is 75.0 cm³/mol. The fraction of sp³-hybridized carbons (Fsp3) is 0.125. The molecule has 1 heterocycles. The van der Waals surface area contributed by atoms with Gasteiger partial charge in [0.2, 0.25) is 0 Å². The highest BCUT2D eigenvalue weighted by Crippen LogP contribution is 2.20. The summed E-state index contributed by atoms with van der Waals surface area (Å²) in [5.41, 5.74) is 3.83. The van der Waals surface area contributed by atoms with Crippen LogP contribution in [0.15, 0.2) is 46.9 Å². The van der Waals surface area contributed by atoms with E-state index in [4.69, 9.17) is 9.52 Å². The molecule has 0 saturated carbocycles. The molecule has 1 N–H and O–H groups in total. The topological polar surface area (TPSA) is 63.3 Å². The van der Waals surface area contributed by atoms with Gasteiger partial charge in [-0.3, -0.25) is 0 Å². The van der Waals surface area contributed by atoms with E-state index in [1.54, 1.807) is 18.2 Å². The number of oxazole rings is 1. The van der Waals surface area contributed by atoms with E-state index >= 15 is 0 Å². The molecule has 100 valence electrons. The zero-order valence-corrected chi connectivity index (χ0v) is 11.0. The quantitative estimate of drug-likeness (QED) is 0.789.